The normalized spacial score (nSPS) is 14.1. The highest BCUT2D eigenvalue weighted by Crippen LogP contribution is 2.32. The molecular formula is C22H32F3N7O2. The third-order valence-electron chi connectivity index (χ3n) is 5.60. The van der Waals surface area contributed by atoms with Crippen molar-refractivity contribution in [2.24, 2.45) is 7.05 Å². The maximum atomic E-state index is 13.3. The number of rotatable bonds is 13. The predicted octanol–water partition coefficient (Wildman–Crippen LogP) is 3.50. The van der Waals surface area contributed by atoms with Gasteiger partial charge in [-0.05, 0) is 48.4 Å². The summed E-state index contributed by atoms with van der Waals surface area (Å²) >= 11 is 0. The van der Waals surface area contributed by atoms with Crippen LogP contribution in [0.4, 0.5) is 13.2 Å². The molecule has 2 unspecified atom stereocenters. The van der Waals surface area contributed by atoms with Gasteiger partial charge in [0.1, 0.15) is 11.9 Å². The van der Waals surface area contributed by atoms with Crippen LogP contribution in [0.1, 0.15) is 56.4 Å². The molecule has 0 aliphatic carbocycles. The molecule has 1 N–H and O–H groups in total. The number of halogens is 3. The predicted molar refractivity (Wildman–Crippen MR) is 120 cm³/mol. The minimum Gasteiger partial charge on any atom is -0.385 e. The molecule has 3 rings (SSSR count). The fourth-order valence-electron chi connectivity index (χ4n) is 3.94. The van der Waals surface area contributed by atoms with Crippen molar-refractivity contribution in [3.63, 3.8) is 0 Å². The van der Waals surface area contributed by atoms with Gasteiger partial charge in [0.2, 0.25) is 0 Å². The lowest BCUT2D eigenvalue weighted by molar-refractivity contribution is -0.137. The summed E-state index contributed by atoms with van der Waals surface area (Å²) in [5.74, 6) is 1.04. The highest BCUT2D eigenvalue weighted by Gasteiger charge is 2.32. The summed E-state index contributed by atoms with van der Waals surface area (Å²) in [6, 6.07) is 3.02. The zero-order valence-corrected chi connectivity index (χ0v) is 20.0. The molecule has 0 aliphatic rings. The smallest absolute Gasteiger partial charge is 0.385 e. The van der Waals surface area contributed by atoms with E-state index in [4.69, 9.17) is 9.47 Å². The van der Waals surface area contributed by atoms with Gasteiger partial charge in [0.15, 0.2) is 5.82 Å². The third kappa shape index (κ3) is 6.10. The molecule has 3 aromatic rings. The Kier molecular flexibility index (Phi) is 8.97. The van der Waals surface area contributed by atoms with Crippen molar-refractivity contribution in [3.05, 3.63) is 35.4 Å². The summed E-state index contributed by atoms with van der Waals surface area (Å²) in [7, 11) is 3.40. The molecule has 0 saturated heterocycles. The molecule has 1 aromatic carbocycles. The van der Waals surface area contributed by atoms with E-state index in [1.165, 1.54) is 6.07 Å². The van der Waals surface area contributed by atoms with Crippen molar-refractivity contribution in [1.82, 2.24) is 35.1 Å². The molecule has 2 heterocycles. The second kappa shape index (κ2) is 11.7. The Bertz CT molecular complexity index is 1040. The lowest BCUT2D eigenvalue weighted by Crippen LogP contribution is -2.35. The second-order valence-corrected chi connectivity index (χ2v) is 8.04. The van der Waals surface area contributed by atoms with Gasteiger partial charge in [0, 0.05) is 40.5 Å². The zero-order valence-electron chi connectivity index (χ0n) is 20.0. The highest BCUT2D eigenvalue weighted by molar-refractivity contribution is 5.77. The molecule has 188 valence electrons. The number of hydrogen-bond acceptors (Lipinski definition) is 7. The number of hydrogen-bond donors (Lipinski definition) is 1. The number of ether oxygens (including phenoxy) is 2. The lowest BCUT2D eigenvalue weighted by Gasteiger charge is -2.22. The first-order chi connectivity index (χ1) is 16.3. The first-order valence-electron chi connectivity index (χ1n) is 11.4. The largest absolute Gasteiger partial charge is 0.416 e. The van der Waals surface area contributed by atoms with Crippen molar-refractivity contribution in [3.8, 4) is 0 Å². The molecule has 34 heavy (non-hydrogen) atoms. The van der Waals surface area contributed by atoms with Crippen LogP contribution in [0.25, 0.3) is 11.0 Å². The number of alkyl halides is 3. The SMILES string of the molecule is CCCC(CNC(c1nnnn1CCCOC)c1nc2cc(C(F)(F)F)ccc2n1C)OCC. The summed E-state index contributed by atoms with van der Waals surface area (Å²) in [4.78, 5) is 4.58. The maximum absolute atomic E-state index is 13.3. The van der Waals surface area contributed by atoms with E-state index in [1.54, 1.807) is 23.4 Å². The number of aromatic nitrogens is 6. The fraction of sp³-hybridized carbons (Fsp3) is 0.636. The molecule has 9 nitrogen and oxygen atoms in total. The summed E-state index contributed by atoms with van der Waals surface area (Å²) in [5.41, 5.74) is 0.105. The molecule has 0 bridgehead atoms. The fourth-order valence-corrected chi connectivity index (χ4v) is 3.94. The number of nitrogens with zero attached hydrogens (tertiary/aromatic N) is 6. The van der Waals surface area contributed by atoms with Crippen LogP contribution in [0.2, 0.25) is 0 Å². The quantitative estimate of drug-likeness (QED) is 0.372. The van der Waals surface area contributed by atoms with Gasteiger partial charge in [-0.3, -0.25) is 5.32 Å². The molecule has 2 aromatic heterocycles. The second-order valence-electron chi connectivity index (χ2n) is 8.04. The molecule has 0 saturated carbocycles. The Hall–Kier alpha value is -2.57. The van der Waals surface area contributed by atoms with Crippen molar-refractivity contribution >= 4 is 11.0 Å². The van der Waals surface area contributed by atoms with Crippen molar-refractivity contribution in [2.45, 2.75) is 58.0 Å². The average Bonchev–Trinajstić information content (AvgIpc) is 3.38. The van der Waals surface area contributed by atoms with Crippen LogP contribution >= 0.6 is 0 Å². The Balaban J connectivity index is 2.00. The van der Waals surface area contributed by atoms with Crippen LogP contribution in [-0.2, 0) is 29.2 Å². The van der Waals surface area contributed by atoms with Crippen molar-refractivity contribution in [2.75, 3.05) is 26.9 Å². The number of fused-ring (bicyclic) bond motifs is 1. The van der Waals surface area contributed by atoms with Gasteiger partial charge in [-0.25, -0.2) is 9.67 Å². The Morgan fingerprint density at radius 1 is 1.18 bits per heavy atom. The molecule has 2 atom stereocenters. The molecule has 12 heteroatoms. The third-order valence-corrected chi connectivity index (χ3v) is 5.60. The highest BCUT2D eigenvalue weighted by atomic mass is 19.4. The molecule has 0 aliphatic heterocycles. The molecular weight excluding hydrogens is 451 g/mol. The minimum absolute atomic E-state index is 0.0261. The van der Waals surface area contributed by atoms with E-state index in [1.807, 2.05) is 6.92 Å². The van der Waals surface area contributed by atoms with Gasteiger partial charge in [0.05, 0.1) is 22.7 Å². The lowest BCUT2D eigenvalue weighted by atomic mass is 10.1. The van der Waals surface area contributed by atoms with Crippen molar-refractivity contribution in [1.29, 1.82) is 0 Å². The van der Waals surface area contributed by atoms with Crippen LogP contribution in [0.3, 0.4) is 0 Å². The first-order valence-corrected chi connectivity index (χ1v) is 11.4. The van der Waals surface area contributed by atoms with E-state index in [-0.39, 0.29) is 11.6 Å². The van der Waals surface area contributed by atoms with Gasteiger partial charge in [-0.15, -0.1) is 5.10 Å². The van der Waals surface area contributed by atoms with Gasteiger partial charge in [-0.2, -0.15) is 13.2 Å². The molecule has 0 amide bonds. The maximum Gasteiger partial charge on any atom is 0.416 e. The number of aryl methyl sites for hydroxylation is 2. The number of nitrogens with one attached hydrogen (secondary N) is 1. The topological polar surface area (TPSA) is 91.9 Å². The van der Waals surface area contributed by atoms with E-state index in [0.717, 1.165) is 25.0 Å². The van der Waals surface area contributed by atoms with Crippen LogP contribution < -0.4 is 5.32 Å². The zero-order chi connectivity index (χ0) is 24.7. The molecule has 0 fully saturated rings. The van der Waals surface area contributed by atoms with Crippen LogP contribution in [0.15, 0.2) is 18.2 Å². The van der Waals surface area contributed by atoms with E-state index in [2.05, 4.69) is 32.7 Å². The monoisotopic (exact) mass is 483 g/mol. The van der Waals surface area contributed by atoms with E-state index in [9.17, 15) is 13.2 Å². The van der Waals surface area contributed by atoms with Gasteiger partial charge in [0.25, 0.3) is 0 Å². The number of imidazole rings is 1. The Morgan fingerprint density at radius 3 is 2.65 bits per heavy atom. The van der Waals surface area contributed by atoms with E-state index in [0.29, 0.717) is 49.9 Å². The summed E-state index contributed by atoms with van der Waals surface area (Å²) in [6.07, 6.45) is -1.94. The molecule has 0 radical (unpaired) electrons. The van der Waals surface area contributed by atoms with Crippen LogP contribution in [0, 0.1) is 0 Å². The minimum atomic E-state index is -4.44. The van der Waals surface area contributed by atoms with Crippen LogP contribution in [0.5, 0.6) is 0 Å². The summed E-state index contributed by atoms with van der Waals surface area (Å²) < 4.78 is 54.2. The van der Waals surface area contributed by atoms with E-state index < -0.39 is 17.8 Å². The summed E-state index contributed by atoms with van der Waals surface area (Å²) in [6.45, 7) is 6.20. The molecule has 0 spiro atoms. The van der Waals surface area contributed by atoms with Gasteiger partial charge in [-0.1, -0.05) is 13.3 Å². The number of methoxy groups -OCH3 is 1. The first kappa shape index (κ1) is 26.0. The van der Waals surface area contributed by atoms with Gasteiger partial charge < -0.3 is 14.0 Å². The number of tetrazole rings is 1. The average molecular weight is 484 g/mol. The van der Waals surface area contributed by atoms with Crippen molar-refractivity contribution < 1.29 is 22.6 Å². The van der Waals surface area contributed by atoms with Crippen LogP contribution in [-0.4, -0.2) is 62.7 Å². The van der Waals surface area contributed by atoms with E-state index >= 15 is 0 Å². The number of benzene rings is 1. The van der Waals surface area contributed by atoms with Gasteiger partial charge >= 0.3 is 6.18 Å². The summed E-state index contributed by atoms with van der Waals surface area (Å²) in [5, 5.41) is 15.6. The Morgan fingerprint density at radius 2 is 1.97 bits per heavy atom. The Labute approximate surface area is 196 Å². The standard InChI is InChI=1S/C22H32F3N7O2/c1-5-8-16(34-6-2)14-26-19(21-28-29-30-32(21)11-7-12-33-4)20-27-17-13-15(22(23,24)25)9-10-18(17)31(20)3/h9-10,13,16,19,26H,5-8,11-12,14H2,1-4H3.